The maximum Gasteiger partial charge on any atom is 0.144 e. The van der Waals surface area contributed by atoms with Gasteiger partial charge in [0, 0.05) is 6.42 Å². The molecule has 70 valence electrons. The van der Waals surface area contributed by atoms with Gasteiger partial charge in [0.05, 0.1) is 18.9 Å². The Morgan fingerprint density at radius 1 is 1.50 bits per heavy atom. The molecule has 0 spiro atoms. The zero-order valence-corrected chi connectivity index (χ0v) is 8.61. The fourth-order valence-corrected chi connectivity index (χ4v) is 1.43. The molecule has 1 aliphatic rings. The average molecular weight is 189 g/mol. The van der Waals surface area contributed by atoms with E-state index in [-0.39, 0.29) is 4.75 Å². The standard InChI is InChI=1S/C8H15NO2S/c1-8(2,3)12(10)9-7-4-5-11-6-7/h4-6H2,1-3H3/b9-7+. The van der Waals surface area contributed by atoms with Crippen molar-refractivity contribution in [3.8, 4) is 0 Å². The van der Waals surface area contributed by atoms with Gasteiger partial charge in [0.1, 0.15) is 16.1 Å². The van der Waals surface area contributed by atoms with E-state index in [1.54, 1.807) is 0 Å². The molecule has 0 aliphatic carbocycles. The largest absolute Gasteiger partial charge is 0.591 e. The van der Waals surface area contributed by atoms with Crippen LogP contribution in [-0.2, 0) is 16.1 Å². The molecule has 0 radical (unpaired) electrons. The Bertz CT molecular complexity index is 178. The van der Waals surface area contributed by atoms with Crippen molar-refractivity contribution < 1.29 is 9.29 Å². The Labute approximate surface area is 76.5 Å². The second-order valence-electron chi connectivity index (χ2n) is 3.82. The van der Waals surface area contributed by atoms with E-state index in [2.05, 4.69) is 4.40 Å². The Kier molecular flexibility index (Phi) is 3.15. The summed E-state index contributed by atoms with van der Waals surface area (Å²) >= 11 is -1.12. The molecular formula is C8H15NO2S. The molecule has 0 aromatic rings. The third-order valence-corrected chi connectivity index (χ3v) is 3.01. The van der Waals surface area contributed by atoms with Crippen molar-refractivity contribution in [2.45, 2.75) is 31.9 Å². The van der Waals surface area contributed by atoms with E-state index in [0.717, 1.165) is 18.7 Å². The highest BCUT2D eigenvalue weighted by Crippen LogP contribution is 2.18. The molecule has 1 atom stereocenters. The van der Waals surface area contributed by atoms with Crippen molar-refractivity contribution in [3.05, 3.63) is 0 Å². The molecule has 1 rings (SSSR count). The van der Waals surface area contributed by atoms with E-state index in [1.807, 2.05) is 20.8 Å². The Balaban J connectivity index is 2.54. The first-order valence-electron chi connectivity index (χ1n) is 4.06. The molecule has 1 aliphatic heterocycles. The zero-order valence-electron chi connectivity index (χ0n) is 7.79. The predicted octanol–water partition coefficient (Wildman–Crippen LogP) is 1.31. The minimum Gasteiger partial charge on any atom is -0.591 e. The van der Waals surface area contributed by atoms with Crippen LogP contribution in [0.25, 0.3) is 0 Å². The Morgan fingerprint density at radius 3 is 2.58 bits per heavy atom. The van der Waals surface area contributed by atoms with Gasteiger partial charge in [-0.1, -0.05) is 4.40 Å². The molecular weight excluding hydrogens is 174 g/mol. The van der Waals surface area contributed by atoms with Crippen LogP contribution in [0.2, 0.25) is 0 Å². The molecule has 0 saturated carbocycles. The summed E-state index contributed by atoms with van der Waals surface area (Å²) in [5.41, 5.74) is 0.934. The van der Waals surface area contributed by atoms with Gasteiger partial charge in [0.15, 0.2) is 0 Å². The van der Waals surface area contributed by atoms with Crippen LogP contribution in [-0.4, -0.2) is 28.2 Å². The fraction of sp³-hybridized carbons (Fsp3) is 0.875. The predicted molar refractivity (Wildman–Crippen MR) is 50.8 cm³/mol. The average Bonchev–Trinajstić information content (AvgIpc) is 2.37. The topological polar surface area (TPSA) is 44.7 Å². The van der Waals surface area contributed by atoms with Gasteiger partial charge in [-0.25, -0.2) is 0 Å². The Morgan fingerprint density at radius 2 is 2.17 bits per heavy atom. The molecule has 3 nitrogen and oxygen atoms in total. The number of rotatable bonds is 1. The zero-order chi connectivity index (χ0) is 9.19. The lowest BCUT2D eigenvalue weighted by Crippen LogP contribution is -2.27. The van der Waals surface area contributed by atoms with Crippen LogP contribution in [0.15, 0.2) is 4.40 Å². The maximum absolute atomic E-state index is 11.5. The summed E-state index contributed by atoms with van der Waals surface area (Å²) in [4.78, 5) is 0. The van der Waals surface area contributed by atoms with Crippen molar-refractivity contribution >= 4 is 17.1 Å². The lowest BCUT2D eigenvalue weighted by molar-refractivity contribution is 0.209. The van der Waals surface area contributed by atoms with E-state index >= 15 is 0 Å². The number of nitrogens with zero attached hydrogens (tertiary/aromatic N) is 1. The minimum absolute atomic E-state index is 0.254. The van der Waals surface area contributed by atoms with Crippen LogP contribution >= 0.6 is 0 Å². The molecule has 0 aromatic heterocycles. The fourth-order valence-electron chi connectivity index (χ4n) is 0.778. The van der Waals surface area contributed by atoms with E-state index in [4.69, 9.17) is 4.74 Å². The quantitative estimate of drug-likeness (QED) is 0.584. The van der Waals surface area contributed by atoms with Crippen molar-refractivity contribution in [2.75, 3.05) is 13.2 Å². The van der Waals surface area contributed by atoms with Crippen molar-refractivity contribution in [1.82, 2.24) is 0 Å². The molecule has 1 unspecified atom stereocenters. The second-order valence-corrected chi connectivity index (χ2v) is 5.73. The van der Waals surface area contributed by atoms with Crippen LogP contribution in [0, 0.1) is 0 Å². The summed E-state index contributed by atoms with van der Waals surface area (Å²) in [6, 6.07) is 0. The van der Waals surface area contributed by atoms with Gasteiger partial charge in [0.2, 0.25) is 0 Å². The first-order chi connectivity index (χ1) is 5.50. The van der Waals surface area contributed by atoms with Crippen LogP contribution in [0.5, 0.6) is 0 Å². The van der Waals surface area contributed by atoms with Crippen LogP contribution < -0.4 is 0 Å². The summed E-state index contributed by atoms with van der Waals surface area (Å²) in [5, 5.41) is 0. The van der Waals surface area contributed by atoms with E-state index in [9.17, 15) is 4.55 Å². The molecule has 1 heterocycles. The van der Waals surface area contributed by atoms with Crippen molar-refractivity contribution in [2.24, 2.45) is 4.40 Å². The number of hydrogen-bond acceptors (Lipinski definition) is 3. The van der Waals surface area contributed by atoms with Crippen LogP contribution in [0.4, 0.5) is 0 Å². The second kappa shape index (κ2) is 3.77. The van der Waals surface area contributed by atoms with E-state index in [0.29, 0.717) is 6.61 Å². The maximum atomic E-state index is 11.5. The molecule has 1 saturated heterocycles. The summed E-state index contributed by atoms with van der Waals surface area (Å²) in [6.45, 7) is 7.04. The Hall–Kier alpha value is -0.0600. The monoisotopic (exact) mass is 189 g/mol. The van der Waals surface area contributed by atoms with Gasteiger partial charge in [-0.05, 0) is 20.8 Å². The third kappa shape index (κ3) is 2.77. The van der Waals surface area contributed by atoms with Crippen molar-refractivity contribution in [3.63, 3.8) is 0 Å². The summed E-state index contributed by atoms with van der Waals surface area (Å²) in [7, 11) is 0. The number of ether oxygens (including phenoxy) is 1. The van der Waals surface area contributed by atoms with E-state index < -0.39 is 11.4 Å². The van der Waals surface area contributed by atoms with Gasteiger partial charge in [-0.15, -0.1) is 0 Å². The molecule has 0 aromatic carbocycles. The molecule has 12 heavy (non-hydrogen) atoms. The lowest BCUT2D eigenvalue weighted by atomic mass is 10.3. The van der Waals surface area contributed by atoms with Gasteiger partial charge >= 0.3 is 0 Å². The van der Waals surface area contributed by atoms with Gasteiger partial charge in [-0.2, -0.15) is 0 Å². The first kappa shape index (κ1) is 10.0. The summed E-state index contributed by atoms with van der Waals surface area (Å²) in [6.07, 6.45) is 0.835. The summed E-state index contributed by atoms with van der Waals surface area (Å²) < 4.78 is 20.5. The molecule has 0 amide bonds. The summed E-state index contributed by atoms with van der Waals surface area (Å²) in [5.74, 6) is 0. The minimum atomic E-state index is -1.12. The normalized spacial score (nSPS) is 24.8. The smallest absolute Gasteiger partial charge is 0.144 e. The highest BCUT2D eigenvalue weighted by Gasteiger charge is 2.27. The van der Waals surface area contributed by atoms with Crippen LogP contribution in [0.3, 0.4) is 0 Å². The van der Waals surface area contributed by atoms with Gasteiger partial charge < -0.3 is 9.29 Å². The first-order valence-corrected chi connectivity index (χ1v) is 5.17. The third-order valence-electron chi connectivity index (χ3n) is 1.54. The highest BCUT2D eigenvalue weighted by atomic mass is 32.2. The lowest BCUT2D eigenvalue weighted by Gasteiger charge is -2.18. The molecule has 0 bridgehead atoms. The van der Waals surface area contributed by atoms with Crippen molar-refractivity contribution in [1.29, 1.82) is 0 Å². The van der Waals surface area contributed by atoms with Gasteiger partial charge in [0.25, 0.3) is 0 Å². The van der Waals surface area contributed by atoms with E-state index in [1.165, 1.54) is 0 Å². The SMILES string of the molecule is CC(C)(C)[S+]([O-])/N=C1\CCOC1. The number of hydrogen-bond donors (Lipinski definition) is 0. The molecule has 4 heteroatoms. The molecule has 0 N–H and O–H groups in total. The van der Waals surface area contributed by atoms with Gasteiger partial charge in [-0.3, -0.25) is 0 Å². The highest BCUT2D eigenvalue weighted by molar-refractivity contribution is 7.91. The molecule has 1 fully saturated rings. The van der Waals surface area contributed by atoms with Crippen LogP contribution in [0.1, 0.15) is 27.2 Å².